The SMILES string of the molecule is CCNC(C)c1c(F)cccc1N(C)Cc1ccccn1. The smallest absolute Gasteiger partial charge is 0.130 e. The van der Waals surface area contributed by atoms with Crippen LogP contribution in [0.5, 0.6) is 0 Å². The molecule has 1 aromatic carbocycles. The molecule has 21 heavy (non-hydrogen) atoms. The maximum Gasteiger partial charge on any atom is 0.130 e. The van der Waals surface area contributed by atoms with Gasteiger partial charge in [-0.05, 0) is 37.7 Å². The van der Waals surface area contributed by atoms with Crippen LogP contribution in [0, 0.1) is 5.82 Å². The minimum absolute atomic E-state index is 0.0302. The van der Waals surface area contributed by atoms with E-state index >= 15 is 0 Å². The van der Waals surface area contributed by atoms with Gasteiger partial charge < -0.3 is 10.2 Å². The minimum atomic E-state index is -0.172. The highest BCUT2D eigenvalue weighted by Gasteiger charge is 2.17. The molecular weight excluding hydrogens is 265 g/mol. The summed E-state index contributed by atoms with van der Waals surface area (Å²) in [5, 5.41) is 3.28. The molecule has 0 aliphatic carbocycles. The first-order chi connectivity index (χ1) is 10.1. The number of anilines is 1. The van der Waals surface area contributed by atoms with Crippen molar-refractivity contribution in [1.29, 1.82) is 0 Å². The van der Waals surface area contributed by atoms with Gasteiger partial charge in [-0.1, -0.05) is 19.1 Å². The van der Waals surface area contributed by atoms with Crippen LogP contribution in [0.15, 0.2) is 42.6 Å². The van der Waals surface area contributed by atoms with E-state index in [1.165, 1.54) is 6.07 Å². The van der Waals surface area contributed by atoms with Crippen molar-refractivity contribution in [3.05, 3.63) is 59.7 Å². The second-order valence-electron chi connectivity index (χ2n) is 5.13. The fourth-order valence-electron chi connectivity index (χ4n) is 2.52. The summed E-state index contributed by atoms with van der Waals surface area (Å²) in [6.45, 7) is 5.46. The van der Waals surface area contributed by atoms with Crippen LogP contribution in [0.25, 0.3) is 0 Å². The Hall–Kier alpha value is -1.94. The van der Waals surface area contributed by atoms with Crippen LogP contribution in [-0.4, -0.2) is 18.6 Å². The molecule has 0 saturated carbocycles. The van der Waals surface area contributed by atoms with Crippen molar-refractivity contribution in [2.75, 3.05) is 18.5 Å². The monoisotopic (exact) mass is 287 g/mol. The molecule has 1 atom stereocenters. The van der Waals surface area contributed by atoms with Gasteiger partial charge in [0.25, 0.3) is 0 Å². The summed E-state index contributed by atoms with van der Waals surface area (Å²) in [4.78, 5) is 6.36. The number of nitrogens with one attached hydrogen (secondary N) is 1. The highest BCUT2D eigenvalue weighted by Crippen LogP contribution is 2.29. The number of benzene rings is 1. The quantitative estimate of drug-likeness (QED) is 0.881. The predicted octanol–water partition coefficient (Wildman–Crippen LogP) is 3.53. The molecule has 0 saturated heterocycles. The maximum atomic E-state index is 14.2. The average molecular weight is 287 g/mol. The summed E-state index contributed by atoms with van der Waals surface area (Å²) in [7, 11) is 1.96. The normalized spacial score (nSPS) is 12.2. The maximum absolute atomic E-state index is 14.2. The van der Waals surface area contributed by atoms with Crippen LogP contribution in [0.4, 0.5) is 10.1 Å². The molecule has 0 spiro atoms. The van der Waals surface area contributed by atoms with E-state index in [2.05, 4.69) is 10.3 Å². The molecule has 1 heterocycles. The fourth-order valence-corrected chi connectivity index (χ4v) is 2.52. The Bertz CT molecular complexity index is 572. The van der Waals surface area contributed by atoms with Crippen molar-refractivity contribution in [3.8, 4) is 0 Å². The highest BCUT2D eigenvalue weighted by atomic mass is 19.1. The van der Waals surface area contributed by atoms with Gasteiger partial charge in [0.05, 0.1) is 12.2 Å². The lowest BCUT2D eigenvalue weighted by atomic mass is 10.0. The van der Waals surface area contributed by atoms with Gasteiger partial charge in [-0.3, -0.25) is 4.98 Å². The van der Waals surface area contributed by atoms with Crippen molar-refractivity contribution in [2.45, 2.75) is 26.4 Å². The number of pyridine rings is 1. The molecule has 2 rings (SSSR count). The van der Waals surface area contributed by atoms with Crippen LogP contribution in [0.2, 0.25) is 0 Å². The molecule has 3 nitrogen and oxygen atoms in total. The largest absolute Gasteiger partial charge is 0.368 e. The molecule has 0 fully saturated rings. The fraction of sp³-hybridized carbons (Fsp3) is 0.353. The third-order valence-corrected chi connectivity index (χ3v) is 3.51. The number of nitrogens with zero attached hydrogens (tertiary/aromatic N) is 2. The molecule has 0 amide bonds. The molecule has 1 unspecified atom stereocenters. The van der Waals surface area contributed by atoms with E-state index in [1.54, 1.807) is 12.3 Å². The number of hydrogen-bond donors (Lipinski definition) is 1. The predicted molar refractivity (Wildman–Crippen MR) is 84.8 cm³/mol. The Morgan fingerprint density at radius 1 is 1.24 bits per heavy atom. The Labute approximate surface area is 125 Å². The van der Waals surface area contributed by atoms with Gasteiger partial charge in [0.2, 0.25) is 0 Å². The van der Waals surface area contributed by atoms with Gasteiger partial charge in [0, 0.05) is 30.5 Å². The van der Waals surface area contributed by atoms with Crippen molar-refractivity contribution in [2.24, 2.45) is 0 Å². The molecule has 0 bridgehead atoms. The first-order valence-corrected chi connectivity index (χ1v) is 7.26. The first kappa shape index (κ1) is 15.4. The first-order valence-electron chi connectivity index (χ1n) is 7.26. The zero-order chi connectivity index (χ0) is 15.2. The zero-order valence-corrected chi connectivity index (χ0v) is 12.8. The third-order valence-electron chi connectivity index (χ3n) is 3.51. The summed E-state index contributed by atoms with van der Waals surface area (Å²) in [5.74, 6) is -0.172. The average Bonchev–Trinajstić information content (AvgIpc) is 2.48. The highest BCUT2D eigenvalue weighted by molar-refractivity contribution is 5.55. The number of aromatic nitrogens is 1. The van der Waals surface area contributed by atoms with Gasteiger partial charge in [0.1, 0.15) is 5.82 Å². The van der Waals surface area contributed by atoms with Gasteiger partial charge in [-0.2, -0.15) is 0 Å². The Morgan fingerprint density at radius 3 is 2.71 bits per heavy atom. The lowest BCUT2D eigenvalue weighted by Crippen LogP contribution is -2.24. The summed E-state index contributed by atoms with van der Waals surface area (Å²) >= 11 is 0. The van der Waals surface area contributed by atoms with E-state index in [4.69, 9.17) is 0 Å². The van der Waals surface area contributed by atoms with Gasteiger partial charge >= 0.3 is 0 Å². The Kier molecular flexibility index (Phi) is 5.28. The number of rotatable bonds is 6. The second-order valence-corrected chi connectivity index (χ2v) is 5.13. The molecule has 4 heteroatoms. The van der Waals surface area contributed by atoms with Crippen LogP contribution < -0.4 is 10.2 Å². The molecular formula is C17H22FN3. The lowest BCUT2D eigenvalue weighted by molar-refractivity contribution is 0.540. The van der Waals surface area contributed by atoms with Gasteiger partial charge in [-0.15, -0.1) is 0 Å². The second kappa shape index (κ2) is 7.18. The lowest BCUT2D eigenvalue weighted by Gasteiger charge is -2.25. The van der Waals surface area contributed by atoms with E-state index in [0.29, 0.717) is 12.1 Å². The molecule has 112 valence electrons. The minimum Gasteiger partial charge on any atom is -0.368 e. The van der Waals surface area contributed by atoms with Crippen LogP contribution in [-0.2, 0) is 6.54 Å². The van der Waals surface area contributed by atoms with Gasteiger partial charge in [-0.25, -0.2) is 4.39 Å². The molecule has 1 N–H and O–H groups in total. The molecule has 0 aliphatic rings. The molecule has 1 aromatic heterocycles. The van der Waals surface area contributed by atoms with E-state index < -0.39 is 0 Å². The summed E-state index contributed by atoms with van der Waals surface area (Å²) in [6, 6.07) is 11.0. The van der Waals surface area contributed by atoms with E-state index in [-0.39, 0.29) is 11.9 Å². The van der Waals surface area contributed by atoms with Gasteiger partial charge in [0.15, 0.2) is 0 Å². The summed E-state index contributed by atoms with van der Waals surface area (Å²) in [5.41, 5.74) is 2.57. The summed E-state index contributed by atoms with van der Waals surface area (Å²) in [6.07, 6.45) is 1.77. The Morgan fingerprint density at radius 2 is 2.05 bits per heavy atom. The van der Waals surface area contributed by atoms with E-state index in [1.807, 2.05) is 50.1 Å². The topological polar surface area (TPSA) is 28.2 Å². The van der Waals surface area contributed by atoms with Crippen LogP contribution in [0.1, 0.15) is 31.1 Å². The Balaban J connectivity index is 2.28. The third kappa shape index (κ3) is 3.79. The van der Waals surface area contributed by atoms with Crippen molar-refractivity contribution in [1.82, 2.24) is 10.3 Å². The van der Waals surface area contributed by atoms with E-state index in [9.17, 15) is 4.39 Å². The van der Waals surface area contributed by atoms with Crippen molar-refractivity contribution in [3.63, 3.8) is 0 Å². The number of hydrogen-bond acceptors (Lipinski definition) is 3. The van der Waals surface area contributed by atoms with Crippen LogP contribution in [0.3, 0.4) is 0 Å². The molecule has 0 radical (unpaired) electrons. The molecule has 2 aromatic rings. The number of halogens is 1. The van der Waals surface area contributed by atoms with Crippen LogP contribution >= 0.6 is 0 Å². The van der Waals surface area contributed by atoms with E-state index in [0.717, 1.165) is 17.9 Å². The summed E-state index contributed by atoms with van der Waals surface area (Å²) < 4.78 is 14.2. The van der Waals surface area contributed by atoms with Crippen molar-refractivity contribution >= 4 is 5.69 Å². The molecule has 0 aliphatic heterocycles. The zero-order valence-electron chi connectivity index (χ0n) is 12.8. The standard InChI is InChI=1S/C17H22FN3/c1-4-19-13(2)17-15(18)9-7-10-16(17)21(3)12-14-8-5-6-11-20-14/h5-11,13,19H,4,12H2,1-3H3. The van der Waals surface area contributed by atoms with Crippen molar-refractivity contribution < 1.29 is 4.39 Å².